The van der Waals surface area contributed by atoms with E-state index in [1.807, 2.05) is 4.90 Å². The molecule has 2 rings (SSSR count). The SMILES string of the molecule is CC1CCCN1C(=O)c1cnccn1. The smallest absolute Gasteiger partial charge is 0.274 e. The molecule has 4 nitrogen and oxygen atoms in total. The van der Waals surface area contributed by atoms with E-state index < -0.39 is 0 Å². The highest BCUT2D eigenvalue weighted by Gasteiger charge is 2.26. The summed E-state index contributed by atoms with van der Waals surface area (Å²) in [4.78, 5) is 21.6. The summed E-state index contributed by atoms with van der Waals surface area (Å²) in [5, 5.41) is 0. The Bertz CT molecular complexity index is 325. The molecule has 0 N–H and O–H groups in total. The Kier molecular flexibility index (Phi) is 2.43. The highest BCUT2D eigenvalue weighted by Crippen LogP contribution is 2.18. The van der Waals surface area contributed by atoms with Crippen LogP contribution in [0.4, 0.5) is 0 Å². The maximum Gasteiger partial charge on any atom is 0.274 e. The zero-order valence-corrected chi connectivity index (χ0v) is 8.18. The minimum atomic E-state index is 0.00287. The molecule has 0 saturated carbocycles. The molecule has 0 bridgehead atoms. The molecule has 1 aliphatic heterocycles. The zero-order valence-electron chi connectivity index (χ0n) is 8.18. The molecule has 1 amide bonds. The molecule has 0 aliphatic carbocycles. The van der Waals surface area contributed by atoms with Gasteiger partial charge in [-0.3, -0.25) is 9.78 Å². The number of rotatable bonds is 1. The molecule has 0 spiro atoms. The van der Waals surface area contributed by atoms with Crippen molar-refractivity contribution in [2.75, 3.05) is 6.54 Å². The fourth-order valence-corrected chi connectivity index (χ4v) is 1.79. The molecule has 1 saturated heterocycles. The Morgan fingerprint density at radius 2 is 2.43 bits per heavy atom. The van der Waals surface area contributed by atoms with Crippen molar-refractivity contribution in [2.45, 2.75) is 25.8 Å². The summed E-state index contributed by atoms with van der Waals surface area (Å²) in [5.41, 5.74) is 0.446. The maximum atomic E-state index is 11.9. The van der Waals surface area contributed by atoms with Crippen LogP contribution in [0.5, 0.6) is 0 Å². The lowest BCUT2D eigenvalue weighted by molar-refractivity contribution is 0.0741. The maximum absolute atomic E-state index is 11.9. The molecule has 14 heavy (non-hydrogen) atoms. The van der Waals surface area contributed by atoms with E-state index in [9.17, 15) is 4.79 Å². The standard InChI is InChI=1S/C10H13N3O/c1-8-3-2-6-13(8)10(14)9-7-11-4-5-12-9/h4-5,7-8H,2-3,6H2,1H3. The van der Waals surface area contributed by atoms with Gasteiger partial charge in [0.2, 0.25) is 0 Å². The first-order valence-corrected chi connectivity index (χ1v) is 4.86. The van der Waals surface area contributed by atoms with Crippen LogP contribution in [0.15, 0.2) is 18.6 Å². The number of hydrogen-bond donors (Lipinski definition) is 0. The molecule has 0 radical (unpaired) electrons. The number of carbonyl (C=O) groups excluding carboxylic acids is 1. The fraction of sp³-hybridized carbons (Fsp3) is 0.500. The number of amides is 1. The van der Waals surface area contributed by atoms with Gasteiger partial charge in [-0.2, -0.15) is 0 Å². The largest absolute Gasteiger partial charge is 0.335 e. The number of hydrogen-bond acceptors (Lipinski definition) is 3. The van der Waals surface area contributed by atoms with Gasteiger partial charge >= 0.3 is 0 Å². The minimum absolute atomic E-state index is 0.00287. The summed E-state index contributed by atoms with van der Waals surface area (Å²) < 4.78 is 0. The van der Waals surface area contributed by atoms with E-state index in [0.717, 1.165) is 19.4 Å². The van der Waals surface area contributed by atoms with E-state index in [1.54, 1.807) is 12.4 Å². The lowest BCUT2D eigenvalue weighted by Crippen LogP contribution is -2.34. The van der Waals surface area contributed by atoms with Gasteiger partial charge in [0.15, 0.2) is 0 Å². The molecule has 1 aromatic rings. The van der Waals surface area contributed by atoms with Gasteiger partial charge in [0.1, 0.15) is 5.69 Å². The second-order valence-electron chi connectivity index (χ2n) is 3.58. The van der Waals surface area contributed by atoms with Gasteiger partial charge < -0.3 is 4.90 Å². The Morgan fingerprint density at radius 1 is 1.57 bits per heavy atom. The molecule has 2 heterocycles. The van der Waals surface area contributed by atoms with Gasteiger partial charge in [0.05, 0.1) is 6.20 Å². The number of carbonyl (C=O) groups is 1. The van der Waals surface area contributed by atoms with E-state index >= 15 is 0 Å². The second-order valence-corrected chi connectivity index (χ2v) is 3.58. The second kappa shape index (κ2) is 3.74. The summed E-state index contributed by atoms with van der Waals surface area (Å²) >= 11 is 0. The van der Waals surface area contributed by atoms with Crippen LogP contribution in [0.1, 0.15) is 30.3 Å². The first-order chi connectivity index (χ1) is 6.79. The van der Waals surface area contributed by atoms with Crippen molar-refractivity contribution in [1.82, 2.24) is 14.9 Å². The van der Waals surface area contributed by atoms with Crippen molar-refractivity contribution in [1.29, 1.82) is 0 Å². The van der Waals surface area contributed by atoms with E-state index in [0.29, 0.717) is 11.7 Å². The Labute approximate surface area is 83.0 Å². The number of nitrogens with zero attached hydrogens (tertiary/aromatic N) is 3. The predicted octanol–water partition coefficient (Wildman–Crippen LogP) is 1.10. The summed E-state index contributed by atoms with van der Waals surface area (Å²) in [6.07, 6.45) is 6.82. The van der Waals surface area contributed by atoms with Crippen LogP contribution in [0.3, 0.4) is 0 Å². The number of likely N-dealkylation sites (tertiary alicyclic amines) is 1. The van der Waals surface area contributed by atoms with Crippen LogP contribution in [0, 0.1) is 0 Å². The lowest BCUT2D eigenvalue weighted by atomic mass is 10.2. The van der Waals surface area contributed by atoms with Gasteiger partial charge in [-0.05, 0) is 19.8 Å². The van der Waals surface area contributed by atoms with Crippen LogP contribution < -0.4 is 0 Å². The van der Waals surface area contributed by atoms with Crippen molar-refractivity contribution >= 4 is 5.91 Å². The molecule has 1 fully saturated rings. The van der Waals surface area contributed by atoms with Crippen LogP contribution >= 0.6 is 0 Å². The molecule has 1 atom stereocenters. The normalized spacial score (nSPS) is 21.2. The molecule has 1 aromatic heterocycles. The summed E-state index contributed by atoms with van der Waals surface area (Å²) in [6, 6.07) is 0.338. The van der Waals surface area contributed by atoms with E-state index in [4.69, 9.17) is 0 Å². The zero-order chi connectivity index (χ0) is 9.97. The molecule has 1 aliphatic rings. The molecule has 4 heteroatoms. The summed E-state index contributed by atoms with van der Waals surface area (Å²) in [6.45, 7) is 2.91. The van der Waals surface area contributed by atoms with E-state index in [-0.39, 0.29) is 5.91 Å². The lowest BCUT2D eigenvalue weighted by Gasteiger charge is -2.20. The van der Waals surface area contributed by atoms with Gasteiger partial charge in [-0.15, -0.1) is 0 Å². The highest BCUT2D eigenvalue weighted by atomic mass is 16.2. The van der Waals surface area contributed by atoms with Crippen molar-refractivity contribution in [2.24, 2.45) is 0 Å². The van der Waals surface area contributed by atoms with Crippen molar-refractivity contribution in [3.63, 3.8) is 0 Å². The third kappa shape index (κ3) is 1.60. The van der Waals surface area contributed by atoms with Crippen molar-refractivity contribution in [3.05, 3.63) is 24.3 Å². The van der Waals surface area contributed by atoms with E-state index in [2.05, 4.69) is 16.9 Å². The van der Waals surface area contributed by atoms with Gasteiger partial charge in [0.25, 0.3) is 5.91 Å². The van der Waals surface area contributed by atoms with E-state index in [1.165, 1.54) is 6.20 Å². The fourth-order valence-electron chi connectivity index (χ4n) is 1.79. The predicted molar refractivity (Wildman–Crippen MR) is 51.8 cm³/mol. The summed E-state index contributed by atoms with van der Waals surface area (Å²) in [5.74, 6) is 0.00287. The Morgan fingerprint density at radius 3 is 3.00 bits per heavy atom. The van der Waals surface area contributed by atoms with Gasteiger partial charge in [0, 0.05) is 25.0 Å². The van der Waals surface area contributed by atoms with Crippen LogP contribution in [-0.2, 0) is 0 Å². The molecular weight excluding hydrogens is 178 g/mol. The quantitative estimate of drug-likeness (QED) is 0.667. The Hall–Kier alpha value is -1.45. The first-order valence-electron chi connectivity index (χ1n) is 4.86. The average molecular weight is 191 g/mol. The van der Waals surface area contributed by atoms with Crippen LogP contribution in [-0.4, -0.2) is 33.4 Å². The Balaban J connectivity index is 2.16. The van der Waals surface area contributed by atoms with Crippen LogP contribution in [0.25, 0.3) is 0 Å². The van der Waals surface area contributed by atoms with Gasteiger partial charge in [-0.1, -0.05) is 0 Å². The van der Waals surface area contributed by atoms with Crippen molar-refractivity contribution in [3.8, 4) is 0 Å². The third-order valence-electron chi connectivity index (χ3n) is 2.60. The first kappa shape index (κ1) is 9.12. The average Bonchev–Trinajstić information content (AvgIpc) is 2.65. The molecular formula is C10H13N3O. The third-order valence-corrected chi connectivity index (χ3v) is 2.60. The van der Waals surface area contributed by atoms with Crippen LogP contribution in [0.2, 0.25) is 0 Å². The summed E-state index contributed by atoms with van der Waals surface area (Å²) in [7, 11) is 0. The molecule has 0 aromatic carbocycles. The topological polar surface area (TPSA) is 46.1 Å². The van der Waals surface area contributed by atoms with Crippen molar-refractivity contribution < 1.29 is 4.79 Å². The van der Waals surface area contributed by atoms with Gasteiger partial charge in [-0.25, -0.2) is 4.98 Å². The minimum Gasteiger partial charge on any atom is -0.335 e. The monoisotopic (exact) mass is 191 g/mol. The number of aromatic nitrogens is 2. The molecule has 1 unspecified atom stereocenters. The molecule has 74 valence electrons. The highest BCUT2D eigenvalue weighted by molar-refractivity contribution is 5.92.